The fourth-order valence-corrected chi connectivity index (χ4v) is 1.45. The highest BCUT2D eigenvalue weighted by atomic mass is 17.3. The number of rotatable bonds is 0. The smallest absolute Gasteiger partial charge is 0.293 e. The molecule has 0 aromatic heterocycles. The number of imide groups is 1. The van der Waals surface area contributed by atoms with E-state index < -0.39 is 11.8 Å². The number of carbonyl (C=O) groups is 2. The third kappa shape index (κ3) is 0.608. The van der Waals surface area contributed by atoms with Crippen LogP contribution >= 0.6 is 0 Å². The van der Waals surface area contributed by atoms with E-state index in [1.807, 2.05) is 0 Å². The fourth-order valence-electron chi connectivity index (χ4n) is 1.45. The Labute approximate surface area is 72.3 Å². The maximum atomic E-state index is 11.4. The molecule has 0 saturated carbocycles. The largest absolute Gasteiger partial charge is 0.313 e. The molecule has 2 aliphatic heterocycles. The fraction of sp³-hybridized carbons (Fsp3) is 0. The van der Waals surface area contributed by atoms with Crippen LogP contribution in [0.1, 0.15) is 20.7 Å². The Kier molecular flexibility index (Phi) is 0.960. The van der Waals surface area contributed by atoms with Gasteiger partial charge in [0.05, 0.1) is 5.56 Å². The van der Waals surface area contributed by atoms with Crippen LogP contribution in [0.3, 0.4) is 0 Å². The molecule has 1 aromatic carbocycles. The highest BCUT2D eigenvalue weighted by Gasteiger charge is 2.44. The molecule has 0 N–H and O–H groups in total. The van der Waals surface area contributed by atoms with Crippen LogP contribution in [0.15, 0.2) is 18.2 Å². The highest BCUT2D eigenvalue weighted by Crippen LogP contribution is 2.34. The molecule has 0 radical (unpaired) electrons. The third-order valence-corrected chi connectivity index (χ3v) is 2.04. The van der Waals surface area contributed by atoms with Crippen molar-refractivity contribution < 1.29 is 19.5 Å². The second kappa shape index (κ2) is 1.89. The lowest BCUT2D eigenvalue weighted by atomic mass is 10.1. The predicted octanol–water partition coefficient (Wildman–Crippen LogP) is 0.522. The zero-order valence-corrected chi connectivity index (χ0v) is 6.31. The lowest BCUT2D eigenvalue weighted by Crippen LogP contribution is -2.33. The first-order valence-corrected chi connectivity index (χ1v) is 3.65. The molecule has 13 heavy (non-hydrogen) atoms. The van der Waals surface area contributed by atoms with E-state index in [-0.39, 0.29) is 0 Å². The SMILES string of the molecule is O=C1c2cccc3c2C(=O)N1OO3. The molecule has 0 spiro atoms. The van der Waals surface area contributed by atoms with Crippen molar-refractivity contribution in [1.29, 1.82) is 0 Å². The van der Waals surface area contributed by atoms with Gasteiger partial charge in [0.25, 0.3) is 11.8 Å². The number of hydrogen-bond acceptors (Lipinski definition) is 4. The maximum Gasteiger partial charge on any atom is 0.293 e. The van der Waals surface area contributed by atoms with Gasteiger partial charge in [0.15, 0.2) is 5.75 Å². The van der Waals surface area contributed by atoms with Crippen LogP contribution in [-0.4, -0.2) is 16.9 Å². The molecule has 0 aliphatic carbocycles. The van der Waals surface area contributed by atoms with E-state index in [2.05, 4.69) is 4.99 Å². The lowest BCUT2D eigenvalue weighted by molar-refractivity contribution is -0.323. The second-order valence-corrected chi connectivity index (χ2v) is 2.74. The van der Waals surface area contributed by atoms with Crippen molar-refractivity contribution in [3.63, 3.8) is 0 Å². The molecule has 64 valence electrons. The topological polar surface area (TPSA) is 55.8 Å². The van der Waals surface area contributed by atoms with Gasteiger partial charge in [0.1, 0.15) is 5.56 Å². The van der Waals surface area contributed by atoms with Crippen LogP contribution in [0, 0.1) is 0 Å². The van der Waals surface area contributed by atoms with E-state index in [0.29, 0.717) is 21.9 Å². The van der Waals surface area contributed by atoms with E-state index >= 15 is 0 Å². The third-order valence-electron chi connectivity index (χ3n) is 2.04. The summed E-state index contributed by atoms with van der Waals surface area (Å²) in [5.41, 5.74) is 0.624. The van der Waals surface area contributed by atoms with Gasteiger partial charge in [-0.25, -0.2) is 0 Å². The maximum absolute atomic E-state index is 11.4. The molecule has 5 heteroatoms. The van der Waals surface area contributed by atoms with Gasteiger partial charge in [0, 0.05) is 0 Å². The summed E-state index contributed by atoms with van der Waals surface area (Å²) in [5.74, 6) is -0.634. The van der Waals surface area contributed by atoms with Gasteiger partial charge in [0.2, 0.25) is 0 Å². The average Bonchev–Trinajstić information content (AvgIpc) is 2.35. The number of hydrogen-bond donors (Lipinski definition) is 0. The van der Waals surface area contributed by atoms with Crippen LogP contribution in [0.25, 0.3) is 0 Å². The molecule has 2 amide bonds. The summed E-state index contributed by atoms with van der Waals surface area (Å²) in [6.07, 6.45) is 0. The number of benzene rings is 1. The van der Waals surface area contributed by atoms with Gasteiger partial charge in [-0.2, -0.15) is 0 Å². The summed E-state index contributed by atoms with van der Waals surface area (Å²) in [6, 6.07) is 4.78. The molecule has 0 saturated heterocycles. The number of hydroxylamine groups is 2. The Bertz CT molecular complexity index is 440. The van der Waals surface area contributed by atoms with Crippen LogP contribution in [-0.2, 0) is 4.99 Å². The number of amides is 2. The van der Waals surface area contributed by atoms with Gasteiger partial charge in [-0.05, 0) is 17.1 Å². The van der Waals surface area contributed by atoms with Crippen molar-refractivity contribution >= 4 is 11.8 Å². The molecule has 0 fully saturated rings. The minimum absolute atomic E-state index is 0.291. The van der Waals surface area contributed by atoms with Crippen molar-refractivity contribution in [1.82, 2.24) is 5.06 Å². The summed E-state index contributed by atoms with van der Waals surface area (Å²) in [5, 5.41) is 0.609. The number of fused-ring (bicyclic) bond motifs is 1. The van der Waals surface area contributed by atoms with Gasteiger partial charge in [-0.3, -0.25) is 9.59 Å². The molecule has 1 aromatic rings. The molecule has 2 bridgehead atoms. The number of carbonyl (C=O) groups excluding carboxylic acids is 2. The Morgan fingerprint density at radius 2 is 2.00 bits per heavy atom. The first kappa shape index (κ1) is 6.62. The van der Waals surface area contributed by atoms with Crippen molar-refractivity contribution in [2.45, 2.75) is 0 Å². The van der Waals surface area contributed by atoms with Crippen molar-refractivity contribution in [3.05, 3.63) is 29.3 Å². The Morgan fingerprint density at radius 1 is 1.15 bits per heavy atom. The average molecular weight is 177 g/mol. The monoisotopic (exact) mass is 177 g/mol. The summed E-state index contributed by atoms with van der Waals surface area (Å²) >= 11 is 0. The van der Waals surface area contributed by atoms with E-state index in [1.54, 1.807) is 18.2 Å². The summed E-state index contributed by atoms with van der Waals surface area (Å²) < 4.78 is 0. The van der Waals surface area contributed by atoms with Gasteiger partial charge in [-0.1, -0.05) is 6.07 Å². The molecule has 5 nitrogen and oxygen atoms in total. The Hall–Kier alpha value is -1.88. The van der Waals surface area contributed by atoms with Crippen LogP contribution in [0.2, 0.25) is 0 Å². The van der Waals surface area contributed by atoms with E-state index in [9.17, 15) is 9.59 Å². The minimum atomic E-state index is -0.473. The summed E-state index contributed by atoms with van der Waals surface area (Å²) in [7, 11) is 0. The van der Waals surface area contributed by atoms with E-state index in [0.717, 1.165) is 0 Å². The lowest BCUT2D eigenvalue weighted by Gasteiger charge is -2.15. The predicted molar refractivity (Wildman–Crippen MR) is 38.7 cm³/mol. The number of nitrogens with zero attached hydrogens (tertiary/aromatic N) is 1. The van der Waals surface area contributed by atoms with Crippen molar-refractivity contribution in [2.75, 3.05) is 0 Å². The van der Waals surface area contributed by atoms with Crippen molar-refractivity contribution in [2.24, 2.45) is 0 Å². The first-order chi connectivity index (χ1) is 6.29. The van der Waals surface area contributed by atoms with Crippen LogP contribution < -0.4 is 4.89 Å². The van der Waals surface area contributed by atoms with E-state index in [4.69, 9.17) is 4.89 Å². The summed E-state index contributed by atoms with van der Waals surface area (Å²) in [4.78, 5) is 32.0. The van der Waals surface area contributed by atoms with Crippen molar-refractivity contribution in [3.8, 4) is 5.75 Å². The van der Waals surface area contributed by atoms with Gasteiger partial charge < -0.3 is 4.89 Å². The molecular weight excluding hydrogens is 174 g/mol. The second-order valence-electron chi connectivity index (χ2n) is 2.74. The molecule has 0 atom stereocenters. The van der Waals surface area contributed by atoms with Gasteiger partial charge >= 0.3 is 0 Å². The van der Waals surface area contributed by atoms with Crippen LogP contribution in [0.4, 0.5) is 0 Å². The van der Waals surface area contributed by atoms with Crippen LogP contribution in [0.5, 0.6) is 5.75 Å². The van der Waals surface area contributed by atoms with Gasteiger partial charge in [-0.15, -0.1) is 5.06 Å². The first-order valence-electron chi connectivity index (χ1n) is 3.65. The zero-order chi connectivity index (χ0) is 9.00. The normalized spacial score (nSPS) is 17.7. The molecular formula is C8H3NO4. The molecule has 3 rings (SSSR count). The molecule has 2 heterocycles. The molecule has 0 unspecified atom stereocenters. The Balaban J connectivity index is 2.42. The molecule has 2 aliphatic rings. The Morgan fingerprint density at radius 3 is 2.85 bits per heavy atom. The standard InChI is InChI=1S/C8H3NO4/c10-7-4-2-1-3-5-6(4)8(11)9(7)13-12-5/h1-3H. The highest BCUT2D eigenvalue weighted by molar-refractivity contribution is 6.22. The minimum Gasteiger partial charge on any atom is -0.313 e. The summed E-state index contributed by atoms with van der Waals surface area (Å²) in [6.45, 7) is 0. The quantitative estimate of drug-likeness (QED) is 0.428. The zero-order valence-electron chi connectivity index (χ0n) is 6.31. The van der Waals surface area contributed by atoms with E-state index in [1.165, 1.54) is 0 Å².